The van der Waals surface area contributed by atoms with E-state index in [0.29, 0.717) is 0 Å². The first-order chi connectivity index (χ1) is 13.3. The summed E-state index contributed by atoms with van der Waals surface area (Å²) in [7, 11) is 0. The molecule has 1 fully saturated rings. The molecule has 0 spiro atoms. The quantitative estimate of drug-likeness (QED) is 0.333. The van der Waals surface area contributed by atoms with Gasteiger partial charge < -0.3 is 31.3 Å². The zero-order valence-electron chi connectivity index (χ0n) is 18.6. The smallest absolute Gasteiger partial charge is 0.550 e. The summed E-state index contributed by atoms with van der Waals surface area (Å²) in [5, 5.41) is 19.8. The molecule has 4 N–H and O–H groups in total. The average molecular weight is 596 g/mol. The Labute approximate surface area is 192 Å². The standard InChI is InChI=1S/2C8H16O2.C6H14N2.Pt/c2*1-2-3-4-5-6-7-8(9)10;7-5-3-1-2-4-6(5)8;/h2*2-7H2,1H3,(H,9,10);5-6H,1-4,7-8H2;/q;;;+2/p-2/t;;5-,6-;/m..1./s1. The fourth-order valence-corrected chi connectivity index (χ4v) is 2.93. The third-order valence-corrected chi connectivity index (χ3v) is 4.84. The van der Waals surface area contributed by atoms with Gasteiger partial charge in [0.15, 0.2) is 0 Å². The molecule has 1 rings (SSSR count). The van der Waals surface area contributed by atoms with Gasteiger partial charge in [-0.2, -0.15) is 0 Å². The van der Waals surface area contributed by atoms with Crippen LogP contribution in [-0.4, -0.2) is 24.0 Å². The van der Waals surface area contributed by atoms with E-state index in [2.05, 4.69) is 13.8 Å². The molecule has 0 saturated heterocycles. The van der Waals surface area contributed by atoms with Crippen molar-refractivity contribution < 1.29 is 40.9 Å². The number of carboxylic acid groups (broad SMARTS) is 2. The van der Waals surface area contributed by atoms with Crippen molar-refractivity contribution in [1.82, 2.24) is 0 Å². The Hall–Kier alpha value is -0.452. The van der Waals surface area contributed by atoms with E-state index in [0.717, 1.165) is 51.4 Å². The van der Waals surface area contributed by atoms with Gasteiger partial charge in [0.1, 0.15) is 0 Å². The molecule has 0 amide bonds. The Morgan fingerprint density at radius 3 is 1.24 bits per heavy atom. The molecule has 29 heavy (non-hydrogen) atoms. The second kappa shape index (κ2) is 25.6. The largest absolute Gasteiger partial charge is 2.00 e. The normalized spacial score (nSPS) is 17.7. The van der Waals surface area contributed by atoms with Crippen LogP contribution in [0.2, 0.25) is 0 Å². The summed E-state index contributed by atoms with van der Waals surface area (Å²) in [4.78, 5) is 19.8. The van der Waals surface area contributed by atoms with Gasteiger partial charge >= 0.3 is 21.1 Å². The average Bonchev–Trinajstić information content (AvgIpc) is 2.64. The van der Waals surface area contributed by atoms with Crippen molar-refractivity contribution in [3.05, 3.63) is 0 Å². The molecule has 1 aliphatic carbocycles. The van der Waals surface area contributed by atoms with E-state index in [1.54, 1.807) is 0 Å². The Balaban J connectivity index is -0.000000345. The molecule has 0 aliphatic heterocycles. The number of hydrogen-bond donors (Lipinski definition) is 2. The summed E-state index contributed by atoms with van der Waals surface area (Å²) < 4.78 is 0. The number of carboxylic acids is 2. The van der Waals surface area contributed by atoms with Crippen LogP contribution in [0, 0.1) is 0 Å². The van der Waals surface area contributed by atoms with Crippen molar-refractivity contribution in [1.29, 1.82) is 0 Å². The van der Waals surface area contributed by atoms with Crippen LogP contribution in [0.1, 0.15) is 117 Å². The molecule has 176 valence electrons. The number of unbranched alkanes of at least 4 members (excludes halogenated alkanes) is 8. The molecule has 1 saturated carbocycles. The Kier molecular flexibility index (Phi) is 29.3. The van der Waals surface area contributed by atoms with Crippen molar-refractivity contribution >= 4 is 11.9 Å². The summed E-state index contributed by atoms with van der Waals surface area (Å²) in [5.74, 6) is -1.84. The zero-order chi connectivity index (χ0) is 21.6. The Morgan fingerprint density at radius 1 is 0.690 bits per heavy atom. The predicted octanol–water partition coefficient (Wildman–Crippen LogP) is 2.41. The molecular weight excluding hydrogens is 551 g/mol. The number of rotatable bonds is 12. The molecule has 0 aromatic heterocycles. The summed E-state index contributed by atoms with van der Waals surface area (Å²) in [6, 6.07) is 0.562. The van der Waals surface area contributed by atoms with Gasteiger partial charge in [0.25, 0.3) is 0 Å². The monoisotopic (exact) mass is 595 g/mol. The van der Waals surface area contributed by atoms with Crippen LogP contribution in [0.4, 0.5) is 0 Å². The maximum atomic E-state index is 9.92. The first kappa shape index (κ1) is 33.2. The van der Waals surface area contributed by atoms with Gasteiger partial charge in [0.05, 0.1) is 0 Å². The van der Waals surface area contributed by atoms with Crippen LogP contribution in [0.15, 0.2) is 0 Å². The van der Waals surface area contributed by atoms with Crippen molar-refractivity contribution in [2.45, 2.75) is 129 Å². The Morgan fingerprint density at radius 2 is 1.00 bits per heavy atom. The van der Waals surface area contributed by atoms with Crippen LogP contribution in [0.3, 0.4) is 0 Å². The van der Waals surface area contributed by atoms with E-state index in [1.165, 1.54) is 38.5 Å². The van der Waals surface area contributed by atoms with Gasteiger partial charge in [-0.25, -0.2) is 0 Å². The minimum atomic E-state index is -0.920. The van der Waals surface area contributed by atoms with Crippen molar-refractivity contribution in [3.63, 3.8) is 0 Å². The fourth-order valence-electron chi connectivity index (χ4n) is 2.93. The van der Waals surface area contributed by atoms with E-state index in [1.807, 2.05) is 0 Å². The van der Waals surface area contributed by atoms with E-state index >= 15 is 0 Å². The topological polar surface area (TPSA) is 132 Å². The van der Waals surface area contributed by atoms with Gasteiger partial charge in [-0.3, -0.25) is 0 Å². The van der Waals surface area contributed by atoms with E-state index in [-0.39, 0.29) is 46.0 Å². The Bertz CT molecular complexity index is 337. The zero-order valence-corrected chi connectivity index (χ0v) is 20.8. The van der Waals surface area contributed by atoms with E-state index in [9.17, 15) is 19.8 Å². The second-order valence-corrected chi connectivity index (χ2v) is 7.68. The maximum absolute atomic E-state index is 9.92. The second-order valence-electron chi connectivity index (χ2n) is 7.68. The van der Waals surface area contributed by atoms with Gasteiger partial charge in [-0.15, -0.1) is 0 Å². The SMILES string of the molecule is CCCCCCCC(=O)[O-].CCCCCCCC(=O)[O-].N[C@@H]1CCCC[C@H]1N.[Pt+2]. The minimum absolute atomic E-state index is 0. The number of aliphatic carboxylic acids is 2. The number of nitrogens with two attached hydrogens (primary N) is 2. The van der Waals surface area contributed by atoms with Crippen LogP contribution in [-0.2, 0) is 30.7 Å². The number of carbonyl (C=O) groups excluding carboxylic acids is 2. The molecule has 0 aromatic rings. The van der Waals surface area contributed by atoms with Crippen LogP contribution in [0.25, 0.3) is 0 Å². The van der Waals surface area contributed by atoms with Crippen LogP contribution >= 0.6 is 0 Å². The van der Waals surface area contributed by atoms with Gasteiger partial charge in [0, 0.05) is 24.0 Å². The molecule has 0 bridgehead atoms. The third-order valence-electron chi connectivity index (χ3n) is 4.84. The molecule has 6 nitrogen and oxygen atoms in total. The van der Waals surface area contributed by atoms with Crippen molar-refractivity contribution in [2.24, 2.45) is 11.5 Å². The molecule has 0 heterocycles. The van der Waals surface area contributed by atoms with Gasteiger partial charge in [-0.1, -0.05) is 78.1 Å². The van der Waals surface area contributed by atoms with Crippen LogP contribution in [0.5, 0.6) is 0 Å². The summed E-state index contributed by atoms with van der Waals surface area (Å²) in [5.41, 5.74) is 11.3. The molecule has 0 aromatic carbocycles. The van der Waals surface area contributed by atoms with E-state index < -0.39 is 11.9 Å². The molecule has 0 unspecified atom stereocenters. The van der Waals surface area contributed by atoms with Crippen LogP contribution < -0.4 is 21.7 Å². The molecule has 2 atom stereocenters. The molecule has 0 radical (unpaired) electrons. The van der Waals surface area contributed by atoms with Gasteiger partial charge in [0.2, 0.25) is 0 Å². The van der Waals surface area contributed by atoms with Crippen molar-refractivity contribution in [2.75, 3.05) is 0 Å². The maximum Gasteiger partial charge on any atom is 2.00 e. The summed E-state index contributed by atoms with van der Waals surface area (Å²) in [6.45, 7) is 4.28. The minimum Gasteiger partial charge on any atom is -0.550 e. The molecule has 1 aliphatic rings. The predicted molar refractivity (Wildman–Crippen MR) is 111 cm³/mol. The summed E-state index contributed by atoms with van der Waals surface area (Å²) >= 11 is 0. The van der Waals surface area contributed by atoms with Crippen molar-refractivity contribution in [3.8, 4) is 0 Å². The first-order valence-electron chi connectivity index (χ1n) is 11.3. The van der Waals surface area contributed by atoms with E-state index in [4.69, 9.17) is 11.5 Å². The first-order valence-corrected chi connectivity index (χ1v) is 11.3. The fraction of sp³-hybridized carbons (Fsp3) is 0.909. The molecular formula is C22H44N2O4Pt. The van der Waals surface area contributed by atoms with Gasteiger partial charge in [-0.05, 0) is 38.5 Å². The molecule has 7 heteroatoms. The number of hydrogen-bond acceptors (Lipinski definition) is 6. The third kappa shape index (κ3) is 29.8. The number of carbonyl (C=O) groups is 2. The summed E-state index contributed by atoms with van der Waals surface area (Å²) in [6.07, 6.45) is 16.0.